The van der Waals surface area contributed by atoms with E-state index in [4.69, 9.17) is 26.3 Å². The molecule has 4 nitrogen and oxygen atoms in total. The van der Waals surface area contributed by atoms with E-state index in [1.807, 2.05) is 48.5 Å². The Morgan fingerprint density at radius 1 is 1.07 bits per heavy atom. The second-order valence-electron chi connectivity index (χ2n) is 6.98. The van der Waals surface area contributed by atoms with Crippen LogP contribution in [0.2, 0.25) is 5.02 Å². The molecule has 146 valence electrons. The van der Waals surface area contributed by atoms with Crippen molar-refractivity contribution in [3.63, 3.8) is 0 Å². The summed E-state index contributed by atoms with van der Waals surface area (Å²) in [5.74, 6) is 1.59. The van der Waals surface area contributed by atoms with Gasteiger partial charge >= 0.3 is 0 Å². The van der Waals surface area contributed by atoms with Gasteiger partial charge in [0.2, 0.25) is 0 Å². The normalized spacial score (nSPS) is 15.1. The molecule has 0 fully saturated rings. The number of nitrogens with zero attached hydrogens (tertiary/aromatic N) is 1. The maximum atomic E-state index is 9.01. The van der Waals surface area contributed by atoms with Gasteiger partial charge in [0.05, 0.1) is 23.3 Å². The lowest BCUT2D eigenvalue weighted by atomic mass is 10.00. The number of para-hydroxylation sites is 1. The highest BCUT2D eigenvalue weighted by atomic mass is 35.5. The van der Waals surface area contributed by atoms with Crippen molar-refractivity contribution in [1.29, 1.82) is 5.26 Å². The Hall–Kier alpha value is -3.00. The van der Waals surface area contributed by atoms with Crippen LogP contribution in [0.25, 0.3) is 0 Å². The number of halogens is 1. The fourth-order valence-electron chi connectivity index (χ4n) is 3.48. The van der Waals surface area contributed by atoms with Gasteiger partial charge in [0.1, 0.15) is 18.1 Å². The molecule has 1 atom stereocenters. The summed E-state index contributed by atoms with van der Waals surface area (Å²) in [4.78, 5) is 0. The summed E-state index contributed by atoms with van der Waals surface area (Å²) in [5, 5.41) is 13.3. The Balaban J connectivity index is 1.39. The lowest BCUT2D eigenvalue weighted by Gasteiger charge is -2.27. The molecule has 0 spiro atoms. The molecule has 4 rings (SSSR count). The first-order valence-corrected chi connectivity index (χ1v) is 9.96. The van der Waals surface area contributed by atoms with E-state index < -0.39 is 0 Å². The van der Waals surface area contributed by atoms with Gasteiger partial charge in [-0.05, 0) is 41.5 Å². The smallest absolute Gasteiger partial charge is 0.142 e. The minimum absolute atomic E-state index is 0.204. The molecule has 1 heterocycles. The first-order valence-electron chi connectivity index (χ1n) is 9.58. The zero-order valence-electron chi connectivity index (χ0n) is 15.9. The molecule has 0 radical (unpaired) electrons. The lowest BCUT2D eigenvalue weighted by Crippen LogP contribution is -2.26. The van der Waals surface area contributed by atoms with Crippen molar-refractivity contribution in [2.75, 3.05) is 6.61 Å². The maximum absolute atomic E-state index is 9.01. The summed E-state index contributed by atoms with van der Waals surface area (Å²) in [6.07, 6.45) is 0.902. The number of nitriles is 1. The summed E-state index contributed by atoms with van der Waals surface area (Å²) < 4.78 is 11.7. The Morgan fingerprint density at radius 3 is 2.79 bits per heavy atom. The summed E-state index contributed by atoms with van der Waals surface area (Å²) in [6.45, 7) is 1.80. The molecule has 0 aromatic heterocycles. The monoisotopic (exact) mass is 404 g/mol. The molecule has 29 heavy (non-hydrogen) atoms. The van der Waals surface area contributed by atoms with Crippen molar-refractivity contribution in [3.8, 4) is 17.6 Å². The predicted molar refractivity (Wildman–Crippen MR) is 113 cm³/mol. The number of fused-ring (bicyclic) bond motifs is 1. The molecular formula is C24H21ClN2O2. The molecule has 5 heteroatoms. The summed E-state index contributed by atoms with van der Waals surface area (Å²) in [6, 6.07) is 23.8. The van der Waals surface area contributed by atoms with Gasteiger partial charge in [0.25, 0.3) is 0 Å². The fourth-order valence-corrected chi connectivity index (χ4v) is 3.72. The molecule has 3 aromatic carbocycles. The molecule has 0 aliphatic carbocycles. The van der Waals surface area contributed by atoms with Crippen LogP contribution in [0.4, 0.5) is 0 Å². The van der Waals surface area contributed by atoms with E-state index >= 15 is 0 Å². The summed E-state index contributed by atoms with van der Waals surface area (Å²) in [7, 11) is 0. The minimum Gasteiger partial charge on any atom is -0.492 e. The van der Waals surface area contributed by atoms with Crippen molar-refractivity contribution in [3.05, 3.63) is 94.0 Å². The van der Waals surface area contributed by atoms with E-state index in [1.54, 1.807) is 6.07 Å². The molecule has 0 bridgehead atoms. The first kappa shape index (κ1) is 19.3. The van der Waals surface area contributed by atoms with Gasteiger partial charge in [-0.2, -0.15) is 5.26 Å². The van der Waals surface area contributed by atoms with Gasteiger partial charge in [-0.15, -0.1) is 0 Å². The molecule has 0 saturated carbocycles. The number of rotatable bonds is 6. The Labute approximate surface area is 175 Å². The van der Waals surface area contributed by atoms with E-state index in [9.17, 15) is 0 Å². The topological polar surface area (TPSA) is 54.3 Å². The van der Waals surface area contributed by atoms with Gasteiger partial charge in [-0.25, -0.2) is 0 Å². The first-order chi connectivity index (χ1) is 14.2. The molecule has 0 saturated heterocycles. The zero-order valence-corrected chi connectivity index (χ0v) is 16.7. The van der Waals surface area contributed by atoms with Crippen LogP contribution in [0.1, 0.15) is 34.7 Å². The van der Waals surface area contributed by atoms with Crippen molar-refractivity contribution in [2.45, 2.75) is 25.6 Å². The van der Waals surface area contributed by atoms with E-state index in [0.29, 0.717) is 23.8 Å². The summed E-state index contributed by atoms with van der Waals surface area (Å²) in [5.41, 5.74) is 3.86. The van der Waals surface area contributed by atoms with Gasteiger partial charge in [0.15, 0.2) is 0 Å². The van der Waals surface area contributed by atoms with Gasteiger partial charge in [-0.1, -0.05) is 48.0 Å². The third kappa shape index (κ3) is 4.71. The van der Waals surface area contributed by atoms with Gasteiger partial charge < -0.3 is 14.8 Å². The average Bonchev–Trinajstić information content (AvgIpc) is 2.77. The van der Waals surface area contributed by atoms with Crippen molar-refractivity contribution in [2.24, 2.45) is 0 Å². The molecule has 1 aliphatic rings. The van der Waals surface area contributed by atoms with Crippen LogP contribution >= 0.6 is 11.6 Å². The van der Waals surface area contributed by atoms with E-state index in [1.165, 1.54) is 0 Å². The fraction of sp³-hybridized carbons (Fsp3) is 0.208. The highest BCUT2D eigenvalue weighted by Crippen LogP contribution is 2.37. The Morgan fingerprint density at radius 2 is 1.90 bits per heavy atom. The van der Waals surface area contributed by atoms with Gasteiger partial charge in [0, 0.05) is 24.6 Å². The van der Waals surface area contributed by atoms with Crippen LogP contribution in [0.3, 0.4) is 0 Å². The molecular weight excluding hydrogens is 384 g/mol. The minimum atomic E-state index is 0.204. The zero-order chi connectivity index (χ0) is 20.1. The second-order valence-corrected chi connectivity index (χ2v) is 7.38. The highest BCUT2D eigenvalue weighted by molar-refractivity contribution is 6.32. The van der Waals surface area contributed by atoms with Crippen LogP contribution in [0.15, 0.2) is 66.7 Å². The van der Waals surface area contributed by atoms with Crippen LogP contribution in [-0.2, 0) is 13.2 Å². The van der Waals surface area contributed by atoms with Crippen molar-refractivity contribution < 1.29 is 9.47 Å². The largest absolute Gasteiger partial charge is 0.492 e. The van der Waals surface area contributed by atoms with E-state index in [2.05, 4.69) is 23.5 Å². The third-order valence-electron chi connectivity index (χ3n) is 4.94. The SMILES string of the molecule is N#Cc1cccc(COc2cccc(CNC3CCOc4c(Cl)cccc43)c2)c1. The van der Waals surface area contributed by atoms with E-state index in [0.717, 1.165) is 41.2 Å². The number of hydrogen-bond donors (Lipinski definition) is 1. The second kappa shape index (κ2) is 9.00. The molecule has 3 aromatic rings. The quantitative estimate of drug-likeness (QED) is 0.597. The van der Waals surface area contributed by atoms with Gasteiger partial charge in [-0.3, -0.25) is 0 Å². The summed E-state index contributed by atoms with van der Waals surface area (Å²) >= 11 is 6.26. The van der Waals surface area contributed by atoms with Crippen LogP contribution in [0, 0.1) is 11.3 Å². The lowest BCUT2D eigenvalue weighted by molar-refractivity contribution is 0.252. The molecule has 0 amide bonds. The third-order valence-corrected chi connectivity index (χ3v) is 5.24. The Kier molecular flexibility index (Phi) is 6.00. The number of ether oxygens (including phenoxy) is 2. The standard InChI is InChI=1S/C24H21ClN2O2/c25-22-9-3-8-21-23(10-11-28-24(21)22)27-15-18-5-2-7-20(13-18)29-16-19-6-1-4-17(12-19)14-26/h1-9,12-13,23,27H,10-11,15-16H2. The molecule has 1 aliphatic heterocycles. The maximum Gasteiger partial charge on any atom is 0.142 e. The number of hydrogen-bond acceptors (Lipinski definition) is 4. The van der Waals surface area contributed by atoms with Crippen molar-refractivity contribution in [1.82, 2.24) is 5.32 Å². The Bertz CT molecular complexity index is 1050. The van der Waals surface area contributed by atoms with Crippen molar-refractivity contribution >= 4 is 11.6 Å². The highest BCUT2D eigenvalue weighted by Gasteiger charge is 2.22. The predicted octanol–water partition coefficient (Wildman–Crippen LogP) is 5.40. The van der Waals surface area contributed by atoms with Crippen LogP contribution in [0.5, 0.6) is 11.5 Å². The molecule has 1 N–H and O–H groups in total. The van der Waals surface area contributed by atoms with E-state index in [-0.39, 0.29) is 6.04 Å². The molecule has 1 unspecified atom stereocenters. The number of nitrogens with one attached hydrogen (secondary N) is 1. The number of benzene rings is 3. The average molecular weight is 405 g/mol. The van der Waals surface area contributed by atoms with Crippen LogP contribution in [-0.4, -0.2) is 6.61 Å². The van der Waals surface area contributed by atoms with Crippen LogP contribution < -0.4 is 14.8 Å².